The molecule has 4 aromatic rings. The molecule has 0 aliphatic rings. The van der Waals surface area contributed by atoms with E-state index in [0.29, 0.717) is 38.1 Å². The van der Waals surface area contributed by atoms with Crippen LogP contribution in [0.15, 0.2) is 64.5 Å². The summed E-state index contributed by atoms with van der Waals surface area (Å²) in [5.74, 6) is 0.0568. The molecule has 0 aliphatic heterocycles. The van der Waals surface area contributed by atoms with E-state index in [-0.39, 0.29) is 30.4 Å². The molecule has 1 amide bonds. The van der Waals surface area contributed by atoms with Crippen LogP contribution < -0.4 is 15.6 Å². The van der Waals surface area contributed by atoms with Crippen molar-refractivity contribution in [3.8, 4) is 5.75 Å². The van der Waals surface area contributed by atoms with E-state index in [2.05, 4.69) is 5.32 Å². The van der Waals surface area contributed by atoms with Crippen molar-refractivity contribution in [2.45, 2.75) is 32.1 Å². The van der Waals surface area contributed by atoms with Crippen molar-refractivity contribution in [2.24, 2.45) is 0 Å². The number of methoxy groups -OCH3 is 1. The second-order valence-electron chi connectivity index (χ2n) is 8.11. The molecule has 2 aromatic heterocycles. The number of aryl methyl sites for hydroxylation is 1. The summed E-state index contributed by atoms with van der Waals surface area (Å²) in [6, 6.07) is 17.1. The molecular weight excluding hydrogens is 510 g/mol. The first-order valence-electron chi connectivity index (χ1n) is 11.7. The minimum Gasteiger partial charge on any atom is -0.496 e. The molecule has 0 spiro atoms. The lowest BCUT2D eigenvalue weighted by atomic mass is 10.2. The summed E-state index contributed by atoms with van der Waals surface area (Å²) in [6.45, 7) is 4.30. The van der Waals surface area contributed by atoms with Gasteiger partial charge in [-0.2, -0.15) is 0 Å². The molecule has 0 atom stereocenters. The fraction of sp³-hybridized carbons (Fsp3) is 0.259. The highest BCUT2D eigenvalue weighted by Crippen LogP contribution is 2.30. The number of hydrogen-bond donors (Lipinski definition) is 1. The van der Waals surface area contributed by atoms with Gasteiger partial charge in [0.1, 0.15) is 15.5 Å². The maximum Gasteiger partial charge on any atom is 0.348 e. The molecule has 4 rings (SSSR count). The normalized spacial score (nSPS) is 10.9. The number of thiophene rings is 1. The Hall–Kier alpha value is -3.63. The molecule has 0 unspecified atom stereocenters. The summed E-state index contributed by atoms with van der Waals surface area (Å²) < 4.78 is 12.2. The smallest absolute Gasteiger partial charge is 0.348 e. The van der Waals surface area contributed by atoms with Crippen LogP contribution >= 0.6 is 23.1 Å². The summed E-state index contributed by atoms with van der Waals surface area (Å²) in [7, 11) is 1.57. The summed E-state index contributed by atoms with van der Waals surface area (Å²) in [5, 5.41) is 3.66. The first-order valence-corrected chi connectivity index (χ1v) is 13.5. The number of carbonyl (C=O) groups is 2. The summed E-state index contributed by atoms with van der Waals surface area (Å²) in [6.07, 6.45) is 0. The number of esters is 1. The van der Waals surface area contributed by atoms with Crippen LogP contribution in [0.3, 0.4) is 0 Å². The van der Waals surface area contributed by atoms with Crippen molar-refractivity contribution in [3.05, 3.63) is 86.5 Å². The number of aromatic nitrogens is 2. The number of nitrogens with zero attached hydrogens (tertiary/aromatic N) is 2. The van der Waals surface area contributed by atoms with Crippen molar-refractivity contribution in [1.29, 1.82) is 0 Å². The van der Waals surface area contributed by atoms with E-state index >= 15 is 0 Å². The lowest BCUT2D eigenvalue weighted by Crippen LogP contribution is -2.27. The monoisotopic (exact) mass is 537 g/mol. The zero-order valence-corrected chi connectivity index (χ0v) is 22.4. The lowest BCUT2D eigenvalue weighted by molar-refractivity contribution is -0.118. The van der Waals surface area contributed by atoms with E-state index in [9.17, 15) is 14.4 Å². The Labute approximate surface area is 222 Å². The van der Waals surface area contributed by atoms with Gasteiger partial charge in [0.15, 0.2) is 5.16 Å². The van der Waals surface area contributed by atoms with E-state index in [1.807, 2.05) is 54.6 Å². The minimum atomic E-state index is -0.479. The van der Waals surface area contributed by atoms with Gasteiger partial charge in [0.05, 0.1) is 31.4 Å². The molecule has 2 aromatic carbocycles. The van der Waals surface area contributed by atoms with E-state index in [0.717, 1.165) is 22.5 Å². The van der Waals surface area contributed by atoms with Crippen LogP contribution in [-0.4, -0.2) is 40.9 Å². The van der Waals surface area contributed by atoms with Gasteiger partial charge in [0.25, 0.3) is 5.56 Å². The molecule has 2 heterocycles. The second kappa shape index (κ2) is 12.1. The van der Waals surface area contributed by atoms with Crippen LogP contribution in [0.25, 0.3) is 10.2 Å². The minimum absolute atomic E-state index is 0.0752. The number of benzene rings is 2. The summed E-state index contributed by atoms with van der Waals surface area (Å²) >= 11 is 2.30. The summed E-state index contributed by atoms with van der Waals surface area (Å²) in [4.78, 5) is 44.3. The van der Waals surface area contributed by atoms with Crippen molar-refractivity contribution in [3.63, 3.8) is 0 Å². The molecule has 0 fully saturated rings. The van der Waals surface area contributed by atoms with Crippen LogP contribution in [0.4, 0.5) is 0 Å². The Morgan fingerprint density at radius 3 is 2.57 bits per heavy atom. The molecule has 0 radical (unpaired) electrons. The van der Waals surface area contributed by atoms with E-state index in [1.54, 1.807) is 21.0 Å². The van der Waals surface area contributed by atoms with Gasteiger partial charge in [0.2, 0.25) is 5.91 Å². The van der Waals surface area contributed by atoms with Gasteiger partial charge in [-0.1, -0.05) is 60.3 Å². The fourth-order valence-corrected chi connectivity index (χ4v) is 5.76. The molecule has 0 bridgehead atoms. The average molecular weight is 538 g/mol. The predicted octanol–water partition coefficient (Wildman–Crippen LogP) is 4.41. The van der Waals surface area contributed by atoms with Crippen molar-refractivity contribution >= 4 is 45.2 Å². The topological polar surface area (TPSA) is 99.5 Å². The Bertz CT molecular complexity index is 1480. The van der Waals surface area contributed by atoms with E-state index in [1.165, 1.54) is 16.3 Å². The van der Waals surface area contributed by atoms with Crippen LogP contribution in [-0.2, 0) is 22.6 Å². The Balaban J connectivity index is 1.68. The number of carbonyl (C=O) groups excluding carboxylic acids is 2. The van der Waals surface area contributed by atoms with Crippen molar-refractivity contribution in [1.82, 2.24) is 14.9 Å². The Morgan fingerprint density at radius 2 is 1.84 bits per heavy atom. The number of fused-ring (bicyclic) bond motifs is 1. The van der Waals surface area contributed by atoms with Gasteiger partial charge in [-0.3, -0.25) is 14.2 Å². The maximum absolute atomic E-state index is 13.7. The highest BCUT2D eigenvalue weighted by atomic mass is 32.2. The first kappa shape index (κ1) is 26.4. The highest BCUT2D eigenvalue weighted by molar-refractivity contribution is 7.99. The van der Waals surface area contributed by atoms with Gasteiger partial charge >= 0.3 is 5.97 Å². The van der Waals surface area contributed by atoms with Crippen LogP contribution in [0.1, 0.15) is 33.3 Å². The quantitative estimate of drug-likeness (QED) is 0.182. The number of rotatable bonds is 10. The molecule has 10 heteroatoms. The largest absolute Gasteiger partial charge is 0.496 e. The van der Waals surface area contributed by atoms with Gasteiger partial charge in [-0.25, -0.2) is 9.78 Å². The number of hydrogen-bond acceptors (Lipinski definition) is 8. The van der Waals surface area contributed by atoms with Crippen LogP contribution in [0, 0.1) is 6.92 Å². The molecule has 8 nitrogen and oxygen atoms in total. The molecule has 0 saturated heterocycles. The number of para-hydroxylation sites is 1. The van der Waals surface area contributed by atoms with Crippen LogP contribution in [0.5, 0.6) is 5.75 Å². The fourth-order valence-electron chi connectivity index (χ4n) is 3.82. The number of thioether (sulfide) groups is 1. The average Bonchev–Trinajstić information content (AvgIpc) is 3.25. The number of amides is 1. The third-order valence-electron chi connectivity index (χ3n) is 5.66. The SMILES string of the molecule is CCOC(=O)c1sc2nc(SCC(=O)NCc3ccccc3)n(Cc3ccccc3OC)c(=O)c2c1C. The lowest BCUT2D eigenvalue weighted by Gasteiger charge is -2.14. The number of ether oxygens (including phenoxy) is 2. The molecule has 192 valence electrons. The van der Waals surface area contributed by atoms with Crippen molar-refractivity contribution < 1.29 is 19.1 Å². The molecule has 37 heavy (non-hydrogen) atoms. The first-order chi connectivity index (χ1) is 17.9. The van der Waals surface area contributed by atoms with Crippen molar-refractivity contribution in [2.75, 3.05) is 19.5 Å². The zero-order valence-electron chi connectivity index (χ0n) is 20.8. The predicted molar refractivity (Wildman–Crippen MR) is 146 cm³/mol. The highest BCUT2D eigenvalue weighted by Gasteiger charge is 2.23. The molecule has 0 saturated carbocycles. The third kappa shape index (κ3) is 6.03. The van der Waals surface area contributed by atoms with E-state index in [4.69, 9.17) is 14.5 Å². The zero-order chi connectivity index (χ0) is 26.4. The molecule has 1 N–H and O–H groups in total. The standard InChI is InChI=1S/C27H27N3O5S2/c1-4-35-26(33)23-17(2)22-24(37-23)29-27(36-16-21(31)28-14-18-10-6-5-7-11-18)30(25(22)32)15-19-12-8-9-13-20(19)34-3/h5-13H,4,14-16H2,1-3H3,(H,28,31). The van der Waals surface area contributed by atoms with Gasteiger partial charge in [-0.15, -0.1) is 11.3 Å². The van der Waals surface area contributed by atoms with E-state index < -0.39 is 5.97 Å². The Morgan fingerprint density at radius 1 is 1.11 bits per heavy atom. The molecule has 0 aliphatic carbocycles. The summed E-state index contributed by atoms with van der Waals surface area (Å²) in [5.41, 5.74) is 2.05. The van der Waals surface area contributed by atoms with Gasteiger partial charge < -0.3 is 14.8 Å². The third-order valence-corrected chi connectivity index (χ3v) is 7.80. The molecular formula is C27H27N3O5S2. The van der Waals surface area contributed by atoms with Gasteiger partial charge in [0, 0.05) is 12.1 Å². The van der Waals surface area contributed by atoms with Crippen LogP contribution in [0.2, 0.25) is 0 Å². The second-order valence-corrected chi connectivity index (χ2v) is 10.0. The van der Waals surface area contributed by atoms with Gasteiger partial charge in [-0.05, 0) is 31.0 Å². The maximum atomic E-state index is 13.7. The number of nitrogens with one attached hydrogen (secondary N) is 1. The Kier molecular flexibility index (Phi) is 8.62.